The highest BCUT2D eigenvalue weighted by Crippen LogP contribution is 2.43. The zero-order valence-electron chi connectivity index (χ0n) is 23.0. The standard InChI is InChI=1S/C39H35N/c1-2-12-26(13-3-1)24-28-23-22-27-14-4-11-21-37(27)40-39(28)36-25-35-31-17-6-5-15-29(31)30-16-7-9-19-33(30)38(35)34-20-10-8-18-32(34)36/h1-3,5-10,12-13,15-20,25,27-28,37H,4,11,14,21-24H2/t27-,28-,37?/m0/s1. The molecule has 1 aliphatic carbocycles. The van der Waals surface area contributed by atoms with E-state index in [1.807, 2.05) is 0 Å². The van der Waals surface area contributed by atoms with Crippen LogP contribution in [0.2, 0.25) is 0 Å². The molecule has 0 N–H and O–H groups in total. The van der Waals surface area contributed by atoms with Gasteiger partial charge < -0.3 is 0 Å². The lowest BCUT2D eigenvalue weighted by Gasteiger charge is -2.27. The maximum Gasteiger partial charge on any atom is 0.0531 e. The molecule has 196 valence electrons. The monoisotopic (exact) mass is 517 g/mol. The van der Waals surface area contributed by atoms with Gasteiger partial charge in [-0.15, -0.1) is 0 Å². The van der Waals surface area contributed by atoms with Crippen molar-refractivity contribution in [1.29, 1.82) is 0 Å². The lowest BCUT2D eigenvalue weighted by Crippen LogP contribution is -2.23. The number of hydrogen-bond donors (Lipinski definition) is 0. The van der Waals surface area contributed by atoms with E-state index in [2.05, 4.69) is 109 Å². The SMILES string of the molecule is c1ccc(C[C@@H]2CC[C@@H]3CCCCC3N=C2c2cc3c4ccccc4c4ccccc4c3c3ccccc23)cc1. The van der Waals surface area contributed by atoms with Crippen LogP contribution in [0, 0.1) is 11.8 Å². The first-order valence-corrected chi connectivity index (χ1v) is 15.2. The van der Waals surface area contributed by atoms with Crippen molar-refractivity contribution in [3.8, 4) is 0 Å². The Kier molecular flexibility index (Phi) is 5.91. The van der Waals surface area contributed by atoms with E-state index in [1.54, 1.807) is 0 Å². The summed E-state index contributed by atoms with van der Waals surface area (Å²) in [5.41, 5.74) is 4.14. The molecule has 0 saturated heterocycles. The summed E-state index contributed by atoms with van der Waals surface area (Å²) in [6.45, 7) is 0. The Hall–Kier alpha value is -3.97. The number of nitrogens with zero attached hydrogens (tertiary/aromatic N) is 1. The lowest BCUT2D eigenvalue weighted by molar-refractivity contribution is 0.290. The second-order valence-electron chi connectivity index (χ2n) is 12.1. The van der Waals surface area contributed by atoms with Crippen molar-refractivity contribution in [1.82, 2.24) is 0 Å². The number of aliphatic imine (C=N–C) groups is 1. The molecule has 1 saturated carbocycles. The second kappa shape index (κ2) is 9.89. The molecule has 0 bridgehead atoms. The summed E-state index contributed by atoms with van der Waals surface area (Å²) in [6.07, 6.45) is 8.85. The van der Waals surface area contributed by atoms with Crippen LogP contribution in [0.5, 0.6) is 0 Å². The van der Waals surface area contributed by atoms with E-state index in [0.29, 0.717) is 12.0 Å². The Balaban J connectivity index is 1.44. The molecule has 0 spiro atoms. The molecule has 1 aliphatic heterocycles. The zero-order chi connectivity index (χ0) is 26.5. The number of fused-ring (bicyclic) bond motifs is 9. The van der Waals surface area contributed by atoms with Crippen LogP contribution in [-0.2, 0) is 6.42 Å². The second-order valence-corrected chi connectivity index (χ2v) is 12.1. The molecule has 1 unspecified atom stereocenters. The largest absolute Gasteiger partial charge is 0.285 e. The maximum atomic E-state index is 5.76. The highest BCUT2D eigenvalue weighted by Gasteiger charge is 2.32. The van der Waals surface area contributed by atoms with Crippen LogP contribution in [0.1, 0.15) is 49.7 Å². The van der Waals surface area contributed by atoms with Crippen molar-refractivity contribution in [3.05, 3.63) is 120 Å². The van der Waals surface area contributed by atoms with Crippen molar-refractivity contribution in [2.75, 3.05) is 0 Å². The smallest absolute Gasteiger partial charge is 0.0531 e. The minimum Gasteiger partial charge on any atom is -0.285 e. The topological polar surface area (TPSA) is 12.4 Å². The fraction of sp³-hybridized carbons (Fsp3) is 0.256. The van der Waals surface area contributed by atoms with Crippen molar-refractivity contribution < 1.29 is 0 Å². The number of rotatable bonds is 3. The fourth-order valence-electron chi connectivity index (χ4n) is 7.90. The van der Waals surface area contributed by atoms with Crippen molar-refractivity contribution in [2.24, 2.45) is 16.8 Å². The van der Waals surface area contributed by atoms with E-state index in [4.69, 9.17) is 4.99 Å². The predicted octanol–water partition coefficient (Wildman–Crippen LogP) is 10.3. The quantitative estimate of drug-likeness (QED) is 0.207. The van der Waals surface area contributed by atoms with Crippen LogP contribution in [0.3, 0.4) is 0 Å². The lowest BCUT2D eigenvalue weighted by atomic mass is 9.80. The van der Waals surface area contributed by atoms with Gasteiger partial charge in [0.25, 0.3) is 0 Å². The number of hydrogen-bond acceptors (Lipinski definition) is 1. The Morgan fingerprint density at radius 2 is 1.10 bits per heavy atom. The molecule has 2 aliphatic rings. The van der Waals surface area contributed by atoms with Crippen molar-refractivity contribution in [2.45, 2.75) is 51.0 Å². The number of benzene rings is 6. The van der Waals surface area contributed by atoms with Crippen LogP contribution in [0.25, 0.3) is 43.1 Å². The van der Waals surface area contributed by atoms with Gasteiger partial charge in [-0.05, 0) is 92.7 Å². The third kappa shape index (κ3) is 3.94. The molecule has 8 rings (SSSR count). The van der Waals surface area contributed by atoms with E-state index in [-0.39, 0.29) is 0 Å². The van der Waals surface area contributed by atoms with Gasteiger partial charge in [0.05, 0.1) is 6.04 Å². The first-order chi connectivity index (χ1) is 19.8. The first-order valence-electron chi connectivity index (χ1n) is 15.2. The summed E-state index contributed by atoms with van der Waals surface area (Å²) in [6, 6.07) is 41.1. The molecule has 6 aromatic rings. The minimum absolute atomic E-state index is 0.431. The molecule has 1 heteroatoms. The highest BCUT2D eigenvalue weighted by molar-refractivity contribution is 6.33. The highest BCUT2D eigenvalue weighted by atomic mass is 14.8. The average molecular weight is 518 g/mol. The van der Waals surface area contributed by atoms with Gasteiger partial charge in [0, 0.05) is 17.2 Å². The third-order valence-corrected chi connectivity index (χ3v) is 9.80. The van der Waals surface area contributed by atoms with Gasteiger partial charge in [-0.3, -0.25) is 4.99 Å². The molecule has 0 amide bonds. The van der Waals surface area contributed by atoms with E-state index < -0.39 is 0 Å². The molecular weight excluding hydrogens is 482 g/mol. The average Bonchev–Trinajstić information content (AvgIpc) is 3.20. The molecule has 0 aromatic heterocycles. The van der Waals surface area contributed by atoms with E-state index in [0.717, 1.165) is 12.3 Å². The molecular formula is C39H35N. The summed E-state index contributed by atoms with van der Waals surface area (Å²) < 4.78 is 0. The summed E-state index contributed by atoms with van der Waals surface area (Å²) >= 11 is 0. The summed E-state index contributed by atoms with van der Waals surface area (Å²) in [5, 5.41) is 10.8. The first kappa shape index (κ1) is 23.9. The van der Waals surface area contributed by atoms with Crippen molar-refractivity contribution in [3.63, 3.8) is 0 Å². The predicted molar refractivity (Wildman–Crippen MR) is 172 cm³/mol. The molecule has 40 heavy (non-hydrogen) atoms. The third-order valence-electron chi connectivity index (χ3n) is 9.80. The Labute approximate surface area is 236 Å². The molecule has 1 fully saturated rings. The molecule has 6 aromatic carbocycles. The van der Waals surface area contributed by atoms with Gasteiger partial charge >= 0.3 is 0 Å². The van der Waals surface area contributed by atoms with Crippen LogP contribution in [0.4, 0.5) is 0 Å². The van der Waals surface area contributed by atoms with E-state index in [1.165, 1.54) is 98.5 Å². The molecule has 1 nitrogen and oxygen atoms in total. The van der Waals surface area contributed by atoms with Crippen molar-refractivity contribution >= 4 is 48.8 Å². The summed E-state index contributed by atoms with van der Waals surface area (Å²) in [4.78, 5) is 5.76. The van der Waals surface area contributed by atoms with Crippen LogP contribution in [-0.4, -0.2) is 11.8 Å². The van der Waals surface area contributed by atoms with Gasteiger partial charge in [-0.25, -0.2) is 0 Å². The van der Waals surface area contributed by atoms with Gasteiger partial charge in [0.1, 0.15) is 0 Å². The van der Waals surface area contributed by atoms with Crippen LogP contribution < -0.4 is 0 Å². The van der Waals surface area contributed by atoms with Crippen LogP contribution in [0.15, 0.2) is 114 Å². The summed E-state index contributed by atoms with van der Waals surface area (Å²) in [5.74, 6) is 1.17. The molecule has 3 atom stereocenters. The van der Waals surface area contributed by atoms with Gasteiger partial charge in [-0.1, -0.05) is 116 Å². The Morgan fingerprint density at radius 3 is 1.85 bits per heavy atom. The summed E-state index contributed by atoms with van der Waals surface area (Å²) in [7, 11) is 0. The Morgan fingerprint density at radius 1 is 0.525 bits per heavy atom. The molecule has 1 heterocycles. The van der Waals surface area contributed by atoms with E-state index >= 15 is 0 Å². The normalized spacial score (nSPS) is 21.4. The maximum absolute atomic E-state index is 5.76. The van der Waals surface area contributed by atoms with Crippen LogP contribution >= 0.6 is 0 Å². The van der Waals surface area contributed by atoms with Gasteiger partial charge in [0.2, 0.25) is 0 Å². The Bertz CT molecular complexity index is 1900. The minimum atomic E-state index is 0.431. The van der Waals surface area contributed by atoms with Gasteiger partial charge in [0.15, 0.2) is 0 Å². The van der Waals surface area contributed by atoms with Gasteiger partial charge in [-0.2, -0.15) is 0 Å². The zero-order valence-corrected chi connectivity index (χ0v) is 23.0. The molecule has 0 radical (unpaired) electrons. The van der Waals surface area contributed by atoms with E-state index in [9.17, 15) is 0 Å². The fourth-order valence-corrected chi connectivity index (χ4v) is 7.90.